The van der Waals surface area contributed by atoms with E-state index in [4.69, 9.17) is 0 Å². The molecule has 0 aliphatic carbocycles. The molecule has 3 rings (SSSR count). The highest BCUT2D eigenvalue weighted by atomic mass is 32.2. The lowest BCUT2D eigenvalue weighted by molar-refractivity contribution is 0.0956. The zero-order chi connectivity index (χ0) is 17.6. The third-order valence-electron chi connectivity index (χ3n) is 3.98. The molecule has 0 fully saturated rings. The van der Waals surface area contributed by atoms with Gasteiger partial charge in [0.25, 0.3) is 5.91 Å². The van der Waals surface area contributed by atoms with Crippen LogP contribution in [0.15, 0.2) is 48.5 Å². The SMILES string of the molecule is Cc1nc2ccc(C(=O)NCCSCc3ccccc3)cc2nc1C. The van der Waals surface area contributed by atoms with Crippen molar-refractivity contribution in [2.24, 2.45) is 0 Å². The van der Waals surface area contributed by atoms with E-state index in [9.17, 15) is 4.79 Å². The van der Waals surface area contributed by atoms with Crippen molar-refractivity contribution in [1.29, 1.82) is 0 Å². The van der Waals surface area contributed by atoms with Gasteiger partial charge in [0.15, 0.2) is 0 Å². The molecular weight excluding hydrogens is 330 g/mol. The summed E-state index contributed by atoms with van der Waals surface area (Å²) in [5.74, 6) is 1.77. The normalized spacial score (nSPS) is 10.8. The first-order valence-corrected chi connectivity index (χ1v) is 9.44. The molecule has 0 bridgehead atoms. The predicted molar refractivity (Wildman–Crippen MR) is 104 cm³/mol. The van der Waals surface area contributed by atoms with Crippen LogP contribution in [0.3, 0.4) is 0 Å². The summed E-state index contributed by atoms with van der Waals surface area (Å²) in [5, 5.41) is 2.97. The van der Waals surface area contributed by atoms with Crippen LogP contribution in [0.5, 0.6) is 0 Å². The van der Waals surface area contributed by atoms with Gasteiger partial charge in [-0.05, 0) is 37.6 Å². The molecule has 2 aromatic carbocycles. The highest BCUT2D eigenvalue weighted by Gasteiger charge is 2.08. The molecule has 3 aromatic rings. The predicted octanol–water partition coefficient (Wildman–Crippen LogP) is 3.91. The highest BCUT2D eigenvalue weighted by molar-refractivity contribution is 7.98. The minimum atomic E-state index is -0.0674. The van der Waals surface area contributed by atoms with E-state index in [-0.39, 0.29) is 5.91 Å². The Morgan fingerprint density at radius 3 is 2.48 bits per heavy atom. The van der Waals surface area contributed by atoms with Gasteiger partial charge in [0.05, 0.1) is 22.4 Å². The largest absolute Gasteiger partial charge is 0.351 e. The molecule has 1 amide bonds. The third-order valence-corrected chi connectivity index (χ3v) is 5.01. The molecule has 0 saturated heterocycles. The first-order chi connectivity index (χ1) is 12.1. The Balaban J connectivity index is 1.52. The number of thioether (sulfide) groups is 1. The number of hydrogen-bond donors (Lipinski definition) is 1. The van der Waals surface area contributed by atoms with Crippen LogP contribution in [0, 0.1) is 13.8 Å². The molecule has 0 aliphatic heterocycles. The first kappa shape index (κ1) is 17.4. The fourth-order valence-corrected chi connectivity index (χ4v) is 3.29. The van der Waals surface area contributed by atoms with Crippen molar-refractivity contribution in [3.05, 3.63) is 71.0 Å². The van der Waals surface area contributed by atoms with Crippen LogP contribution in [-0.4, -0.2) is 28.2 Å². The van der Waals surface area contributed by atoms with E-state index < -0.39 is 0 Å². The maximum atomic E-state index is 12.3. The van der Waals surface area contributed by atoms with Gasteiger partial charge in [-0.15, -0.1) is 0 Å². The second-order valence-corrected chi connectivity index (χ2v) is 7.00. The smallest absolute Gasteiger partial charge is 0.251 e. The first-order valence-electron chi connectivity index (χ1n) is 8.28. The molecular formula is C20H21N3OS. The Morgan fingerprint density at radius 2 is 1.72 bits per heavy atom. The number of benzene rings is 2. The molecule has 0 aliphatic rings. The second-order valence-electron chi connectivity index (χ2n) is 5.89. The number of fused-ring (bicyclic) bond motifs is 1. The van der Waals surface area contributed by atoms with Gasteiger partial charge < -0.3 is 5.32 Å². The lowest BCUT2D eigenvalue weighted by atomic mass is 10.1. The minimum Gasteiger partial charge on any atom is -0.351 e. The number of carbonyl (C=O) groups is 1. The average Bonchev–Trinajstić information content (AvgIpc) is 2.63. The van der Waals surface area contributed by atoms with Crippen molar-refractivity contribution in [1.82, 2.24) is 15.3 Å². The van der Waals surface area contributed by atoms with Crippen LogP contribution >= 0.6 is 11.8 Å². The van der Waals surface area contributed by atoms with E-state index in [0.717, 1.165) is 33.9 Å². The molecule has 5 heteroatoms. The number of amides is 1. The molecule has 25 heavy (non-hydrogen) atoms. The van der Waals surface area contributed by atoms with Crippen molar-refractivity contribution < 1.29 is 4.79 Å². The molecule has 128 valence electrons. The minimum absolute atomic E-state index is 0.0674. The van der Waals surface area contributed by atoms with Gasteiger partial charge in [-0.25, -0.2) is 9.97 Å². The summed E-state index contributed by atoms with van der Waals surface area (Å²) in [4.78, 5) is 21.3. The number of nitrogens with zero attached hydrogens (tertiary/aromatic N) is 2. The number of aryl methyl sites for hydroxylation is 2. The Morgan fingerprint density at radius 1 is 1.00 bits per heavy atom. The van der Waals surface area contributed by atoms with Crippen molar-refractivity contribution in [2.45, 2.75) is 19.6 Å². The van der Waals surface area contributed by atoms with Crippen LogP contribution in [0.4, 0.5) is 0 Å². The summed E-state index contributed by atoms with van der Waals surface area (Å²) < 4.78 is 0. The number of hydrogen-bond acceptors (Lipinski definition) is 4. The lowest BCUT2D eigenvalue weighted by Gasteiger charge is -2.07. The van der Waals surface area contributed by atoms with Gasteiger partial charge in [0.2, 0.25) is 0 Å². The molecule has 4 nitrogen and oxygen atoms in total. The Kier molecular flexibility index (Phi) is 5.66. The maximum Gasteiger partial charge on any atom is 0.251 e. The molecule has 1 aromatic heterocycles. The Labute approximate surface area is 152 Å². The molecule has 1 N–H and O–H groups in total. The number of rotatable bonds is 6. The van der Waals surface area contributed by atoms with Crippen molar-refractivity contribution in [3.63, 3.8) is 0 Å². The third kappa shape index (κ3) is 4.57. The summed E-state index contributed by atoms with van der Waals surface area (Å²) >= 11 is 1.81. The molecule has 0 radical (unpaired) electrons. The molecule has 0 spiro atoms. The molecule has 0 saturated carbocycles. The zero-order valence-corrected chi connectivity index (χ0v) is 15.3. The van der Waals surface area contributed by atoms with E-state index in [1.165, 1.54) is 5.56 Å². The van der Waals surface area contributed by atoms with E-state index in [0.29, 0.717) is 12.1 Å². The molecule has 1 heterocycles. The summed E-state index contributed by atoms with van der Waals surface area (Å²) in [5.41, 5.74) is 5.31. The fraction of sp³-hybridized carbons (Fsp3) is 0.250. The molecule has 0 unspecified atom stereocenters. The van der Waals surface area contributed by atoms with Crippen LogP contribution < -0.4 is 5.32 Å². The lowest BCUT2D eigenvalue weighted by Crippen LogP contribution is -2.25. The van der Waals surface area contributed by atoms with Gasteiger partial charge >= 0.3 is 0 Å². The monoisotopic (exact) mass is 351 g/mol. The van der Waals surface area contributed by atoms with Crippen molar-refractivity contribution >= 4 is 28.7 Å². The van der Waals surface area contributed by atoms with Gasteiger partial charge in [-0.2, -0.15) is 11.8 Å². The van der Waals surface area contributed by atoms with Crippen LogP contribution in [-0.2, 0) is 5.75 Å². The van der Waals surface area contributed by atoms with Crippen LogP contribution in [0.25, 0.3) is 11.0 Å². The van der Waals surface area contributed by atoms with Crippen molar-refractivity contribution in [2.75, 3.05) is 12.3 Å². The Hall–Kier alpha value is -2.40. The van der Waals surface area contributed by atoms with Crippen molar-refractivity contribution in [3.8, 4) is 0 Å². The standard InChI is InChI=1S/C20H21N3OS/c1-14-15(2)23-19-12-17(8-9-18(19)22-14)20(24)21-10-11-25-13-16-6-4-3-5-7-16/h3-9,12H,10-11,13H2,1-2H3,(H,21,24). The summed E-state index contributed by atoms with van der Waals surface area (Å²) in [6.45, 7) is 4.51. The maximum absolute atomic E-state index is 12.3. The van der Waals surface area contributed by atoms with Crippen LogP contribution in [0.1, 0.15) is 27.3 Å². The summed E-state index contributed by atoms with van der Waals surface area (Å²) in [7, 11) is 0. The summed E-state index contributed by atoms with van der Waals surface area (Å²) in [6.07, 6.45) is 0. The van der Waals surface area contributed by atoms with Crippen LogP contribution in [0.2, 0.25) is 0 Å². The van der Waals surface area contributed by atoms with E-state index in [1.807, 2.05) is 49.9 Å². The zero-order valence-electron chi connectivity index (χ0n) is 14.5. The van der Waals surface area contributed by atoms with Gasteiger partial charge in [0.1, 0.15) is 0 Å². The number of carbonyl (C=O) groups excluding carboxylic acids is 1. The van der Waals surface area contributed by atoms with E-state index >= 15 is 0 Å². The second kappa shape index (κ2) is 8.12. The van der Waals surface area contributed by atoms with Gasteiger partial charge in [-0.1, -0.05) is 30.3 Å². The van der Waals surface area contributed by atoms with Gasteiger partial charge in [-0.3, -0.25) is 4.79 Å². The molecule has 0 atom stereocenters. The topological polar surface area (TPSA) is 54.9 Å². The fourth-order valence-electron chi connectivity index (χ4n) is 2.47. The van der Waals surface area contributed by atoms with E-state index in [2.05, 4.69) is 27.4 Å². The quantitative estimate of drug-likeness (QED) is 0.684. The Bertz CT molecular complexity index is 881. The van der Waals surface area contributed by atoms with Gasteiger partial charge in [0, 0.05) is 23.6 Å². The highest BCUT2D eigenvalue weighted by Crippen LogP contribution is 2.15. The number of aromatic nitrogens is 2. The summed E-state index contributed by atoms with van der Waals surface area (Å²) in [6, 6.07) is 15.8. The number of nitrogens with one attached hydrogen (secondary N) is 1. The van der Waals surface area contributed by atoms with E-state index in [1.54, 1.807) is 12.1 Å². The average molecular weight is 351 g/mol.